The summed E-state index contributed by atoms with van der Waals surface area (Å²) in [6, 6.07) is 45.8. The Morgan fingerprint density at radius 1 is 0.489 bits per heavy atom. The largest absolute Gasteiger partial charge is 0.338 e. The van der Waals surface area contributed by atoms with E-state index in [1.807, 2.05) is 28.9 Å². The van der Waals surface area contributed by atoms with Gasteiger partial charge in [0.1, 0.15) is 5.52 Å². The van der Waals surface area contributed by atoms with Crippen molar-refractivity contribution in [1.82, 2.24) is 15.0 Å². The lowest BCUT2D eigenvalue weighted by Crippen LogP contribution is -1.88. The van der Waals surface area contributed by atoms with E-state index in [-0.39, 0.29) is 0 Å². The van der Waals surface area contributed by atoms with Crippen LogP contribution in [0.1, 0.15) is 0 Å². The maximum atomic E-state index is 5.08. The van der Waals surface area contributed by atoms with Gasteiger partial charge in [-0.05, 0) is 52.6 Å². The third-order valence-corrected chi connectivity index (χ3v) is 11.3. The van der Waals surface area contributed by atoms with Gasteiger partial charge in [-0.2, -0.15) is 0 Å². The van der Waals surface area contributed by atoms with E-state index in [2.05, 4.69) is 132 Å². The lowest BCUT2D eigenvalue weighted by Gasteiger charge is -2.07. The third-order valence-electron chi connectivity index (χ3n) is 8.89. The maximum Gasteiger partial charge on any atom is 0.157 e. The number of rotatable bonds is 3. The van der Waals surface area contributed by atoms with Crippen LogP contribution in [0.5, 0.6) is 0 Å². The van der Waals surface area contributed by atoms with Gasteiger partial charge in [-0.15, -0.1) is 22.7 Å². The quantitative estimate of drug-likeness (QED) is 0.216. The standard InChI is InChI=1S/C40H23N3S2/c1-3-16-35-28(10-1)30-14-6-12-26(38(30)44-35)23-8-5-9-25(20-23)34-22-41-37-32-21-24(18-19-33(32)42-40(37)43-34)27-13-7-15-31-29-11-2-4-17-36(29)45-39(27)31/h1-22H,(H,42,43). The predicted octanol–water partition coefficient (Wildman–Crippen LogP) is 11.8. The summed E-state index contributed by atoms with van der Waals surface area (Å²) >= 11 is 3.72. The molecule has 0 saturated heterocycles. The van der Waals surface area contributed by atoms with Crippen molar-refractivity contribution < 1.29 is 0 Å². The first-order valence-electron chi connectivity index (χ1n) is 15.0. The lowest BCUT2D eigenvalue weighted by atomic mass is 10.00. The first-order valence-corrected chi connectivity index (χ1v) is 16.6. The Bertz CT molecular complexity index is 2780. The van der Waals surface area contributed by atoms with Crippen LogP contribution in [0.25, 0.3) is 95.9 Å². The Morgan fingerprint density at radius 2 is 1.09 bits per heavy atom. The highest BCUT2D eigenvalue weighted by atomic mass is 32.1. The fourth-order valence-electron chi connectivity index (χ4n) is 6.75. The number of nitrogens with one attached hydrogen (secondary N) is 1. The Kier molecular flexibility index (Phi) is 5.32. The second-order valence-electron chi connectivity index (χ2n) is 11.5. The smallest absolute Gasteiger partial charge is 0.157 e. The molecule has 0 spiro atoms. The van der Waals surface area contributed by atoms with Crippen LogP contribution < -0.4 is 0 Å². The molecule has 210 valence electrons. The molecule has 0 bridgehead atoms. The van der Waals surface area contributed by atoms with E-state index in [0.29, 0.717) is 0 Å². The van der Waals surface area contributed by atoms with Crippen molar-refractivity contribution in [3.63, 3.8) is 0 Å². The minimum atomic E-state index is 0.803. The molecule has 0 unspecified atom stereocenters. The molecule has 4 heterocycles. The second-order valence-corrected chi connectivity index (χ2v) is 13.6. The van der Waals surface area contributed by atoms with E-state index in [1.54, 1.807) is 0 Å². The van der Waals surface area contributed by atoms with Crippen LogP contribution in [-0.2, 0) is 0 Å². The summed E-state index contributed by atoms with van der Waals surface area (Å²) in [7, 11) is 0. The van der Waals surface area contributed by atoms with E-state index in [1.165, 1.54) is 62.6 Å². The van der Waals surface area contributed by atoms with Crippen molar-refractivity contribution in [1.29, 1.82) is 0 Å². The zero-order chi connectivity index (χ0) is 29.5. The highest BCUT2D eigenvalue weighted by Gasteiger charge is 2.15. The summed E-state index contributed by atoms with van der Waals surface area (Å²) in [5, 5.41) is 6.33. The van der Waals surface area contributed by atoms with Crippen LogP contribution in [0.15, 0.2) is 134 Å². The molecule has 10 aromatic rings. The number of aromatic amines is 1. The van der Waals surface area contributed by atoms with Crippen LogP contribution in [-0.4, -0.2) is 15.0 Å². The highest BCUT2D eigenvalue weighted by molar-refractivity contribution is 7.26. The van der Waals surface area contributed by atoms with Crippen LogP contribution in [0, 0.1) is 0 Å². The molecule has 0 saturated carbocycles. The Hall–Kier alpha value is -5.36. The average Bonchev–Trinajstić information content (AvgIpc) is 3.79. The van der Waals surface area contributed by atoms with Gasteiger partial charge in [0.15, 0.2) is 5.65 Å². The zero-order valence-corrected chi connectivity index (χ0v) is 25.5. The molecule has 5 heteroatoms. The van der Waals surface area contributed by atoms with Gasteiger partial charge in [0.2, 0.25) is 0 Å². The van der Waals surface area contributed by atoms with Crippen LogP contribution in [0.3, 0.4) is 0 Å². The third kappa shape index (κ3) is 3.81. The lowest BCUT2D eigenvalue weighted by molar-refractivity contribution is 1.27. The number of fused-ring (bicyclic) bond motifs is 9. The van der Waals surface area contributed by atoms with E-state index in [4.69, 9.17) is 9.97 Å². The monoisotopic (exact) mass is 609 g/mol. The molecule has 0 fully saturated rings. The Labute approximate surface area is 266 Å². The van der Waals surface area contributed by atoms with Crippen molar-refractivity contribution in [2.45, 2.75) is 0 Å². The molecular formula is C40H23N3S2. The average molecular weight is 610 g/mol. The number of aromatic nitrogens is 3. The molecule has 3 nitrogen and oxygen atoms in total. The van der Waals surface area contributed by atoms with Gasteiger partial charge in [0.25, 0.3) is 0 Å². The molecule has 10 rings (SSSR count). The van der Waals surface area contributed by atoms with E-state index in [0.717, 1.165) is 33.3 Å². The minimum Gasteiger partial charge on any atom is -0.338 e. The summed E-state index contributed by atoms with van der Waals surface area (Å²) < 4.78 is 5.26. The van der Waals surface area contributed by atoms with Gasteiger partial charge in [-0.3, -0.25) is 0 Å². The predicted molar refractivity (Wildman–Crippen MR) is 193 cm³/mol. The normalized spacial score (nSPS) is 12.0. The number of H-pyrrole nitrogens is 1. The van der Waals surface area contributed by atoms with Crippen molar-refractivity contribution in [3.8, 4) is 33.5 Å². The molecular weight excluding hydrogens is 587 g/mol. The number of nitrogens with zero attached hydrogens (tertiary/aromatic N) is 2. The molecule has 0 aliphatic heterocycles. The summed E-state index contributed by atoms with van der Waals surface area (Å²) in [4.78, 5) is 13.6. The first-order chi connectivity index (χ1) is 22.3. The summed E-state index contributed by atoms with van der Waals surface area (Å²) in [5.74, 6) is 0. The summed E-state index contributed by atoms with van der Waals surface area (Å²) in [6.07, 6.45) is 1.91. The molecule has 0 atom stereocenters. The molecule has 45 heavy (non-hydrogen) atoms. The summed E-state index contributed by atoms with van der Waals surface area (Å²) in [5.41, 5.74) is 9.52. The van der Waals surface area contributed by atoms with Crippen LogP contribution in [0.4, 0.5) is 0 Å². The topological polar surface area (TPSA) is 41.6 Å². The Morgan fingerprint density at radius 3 is 1.80 bits per heavy atom. The Balaban J connectivity index is 1.07. The van der Waals surface area contributed by atoms with Gasteiger partial charge in [-0.25, -0.2) is 9.97 Å². The number of benzene rings is 6. The first kappa shape index (κ1) is 25.0. The van der Waals surface area contributed by atoms with Crippen molar-refractivity contribution >= 4 is 85.1 Å². The van der Waals surface area contributed by atoms with E-state index < -0.39 is 0 Å². The van der Waals surface area contributed by atoms with Crippen LogP contribution in [0.2, 0.25) is 0 Å². The fourth-order valence-corrected chi connectivity index (χ4v) is 9.23. The van der Waals surface area contributed by atoms with Crippen molar-refractivity contribution in [2.75, 3.05) is 0 Å². The molecule has 0 amide bonds. The fraction of sp³-hybridized carbons (Fsp3) is 0. The van der Waals surface area contributed by atoms with Gasteiger partial charge in [-0.1, -0.05) is 97.1 Å². The highest BCUT2D eigenvalue weighted by Crippen LogP contribution is 2.42. The molecule has 4 aromatic heterocycles. The van der Waals surface area contributed by atoms with Crippen molar-refractivity contribution in [2.24, 2.45) is 0 Å². The SMILES string of the molecule is c1cc(-c2cnc3c(n2)[nH]c2ccc(-c4cccc5c4sc4ccccc45)cc23)cc(-c2cccc3c2sc2ccccc23)c1. The molecule has 1 N–H and O–H groups in total. The molecule has 0 aliphatic carbocycles. The molecule has 6 aromatic carbocycles. The zero-order valence-electron chi connectivity index (χ0n) is 23.9. The van der Waals surface area contributed by atoms with Crippen molar-refractivity contribution in [3.05, 3.63) is 134 Å². The number of hydrogen-bond acceptors (Lipinski definition) is 4. The van der Waals surface area contributed by atoms with Gasteiger partial charge in [0, 0.05) is 56.8 Å². The number of hydrogen-bond donors (Lipinski definition) is 1. The van der Waals surface area contributed by atoms with Gasteiger partial charge >= 0.3 is 0 Å². The molecule has 0 radical (unpaired) electrons. The summed E-state index contributed by atoms with van der Waals surface area (Å²) in [6.45, 7) is 0. The maximum absolute atomic E-state index is 5.08. The van der Waals surface area contributed by atoms with E-state index in [9.17, 15) is 0 Å². The van der Waals surface area contributed by atoms with E-state index >= 15 is 0 Å². The van der Waals surface area contributed by atoms with Gasteiger partial charge < -0.3 is 4.98 Å². The number of thiophene rings is 2. The van der Waals surface area contributed by atoms with Gasteiger partial charge in [0.05, 0.1) is 11.9 Å². The second kappa shape index (κ2) is 9.57. The van der Waals surface area contributed by atoms with Crippen LogP contribution >= 0.6 is 22.7 Å². The minimum absolute atomic E-state index is 0.803. The molecule has 0 aliphatic rings.